The van der Waals surface area contributed by atoms with E-state index in [1.54, 1.807) is 0 Å². The monoisotopic (exact) mass is 130 g/mol. The van der Waals surface area contributed by atoms with Gasteiger partial charge in [0.1, 0.15) is 0 Å². The predicted molar refractivity (Wildman–Crippen MR) is 39.3 cm³/mol. The van der Waals surface area contributed by atoms with E-state index in [0.29, 0.717) is 0 Å². The molecule has 1 unspecified atom stereocenters. The molecule has 0 aliphatic carbocycles. The molecule has 0 amide bonds. The summed E-state index contributed by atoms with van der Waals surface area (Å²) in [6.45, 7) is 3.91. The maximum absolute atomic E-state index is 5.59. The number of rotatable bonds is 2. The minimum Gasteiger partial charge on any atom is -0.119 e. The van der Waals surface area contributed by atoms with Gasteiger partial charge in [0.2, 0.25) is 0 Å². The second kappa shape index (κ2) is 4.92. The van der Waals surface area contributed by atoms with Gasteiger partial charge in [-0.05, 0) is 13.8 Å². The van der Waals surface area contributed by atoms with Crippen LogP contribution in [0.3, 0.4) is 0 Å². The number of alkyl halides is 1. The molecule has 0 N–H and O–H groups in total. The van der Waals surface area contributed by atoms with E-state index in [2.05, 4.69) is 0 Å². The molecule has 0 aromatic heterocycles. The van der Waals surface area contributed by atoms with Gasteiger partial charge >= 0.3 is 0 Å². The Labute approximate surface area is 55.9 Å². The summed E-state index contributed by atoms with van der Waals surface area (Å²) in [7, 11) is 0. The predicted octanol–water partition coefficient (Wildman–Crippen LogP) is 2.75. The fraction of sp³-hybridized carbons (Fsp3) is 0.429. The van der Waals surface area contributed by atoms with E-state index in [4.69, 9.17) is 11.6 Å². The van der Waals surface area contributed by atoms with Crippen molar-refractivity contribution in [3.63, 3.8) is 0 Å². The molecule has 0 heterocycles. The van der Waals surface area contributed by atoms with Gasteiger partial charge in [-0.3, -0.25) is 0 Å². The lowest BCUT2D eigenvalue weighted by Gasteiger charge is -1.85. The van der Waals surface area contributed by atoms with E-state index < -0.39 is 0 Å². The highest BCUT2D eigenvalue weighted by Gasteiger charge is 1.80. The summed E-state index contributed by atoms with van der Waals surface area (Å²) in [4.78, 5) is 0. The Morgan fingerprint density at radius 2 is 2.00 bits per heavy atom. The van der Waals surface area contributed by atoms with Crippen LogP contribution in [0, 0.1) is 0 Å². The van der Waals surface area contributed by atoms with E-state index in [0.717, 1.165) is 0 Å². The highest BCUT2D eigenvalue weighted by Crippen LogP contribution is 1.93. The summed E-state index contributed by atoms with van der Waals surface area (Å²) in [6, 6.07) is 0. The lowest BCUT2D eigenvalue weighted by Crippen LogP contribution is -1.78. The van der Waals surface area contributed by atoms with Gasteiger partial charge in [0.15, 0.2) is 0 Å². The molecule has 8 heavy (non-hydrogen) atoms. The normalized spacial score (nSPS) is 15.9. The van der Waals surface area contributed by atoms with Crippen molar-refractivity contribution in [2.45, 2.75) is 19.2 Å². The maximum atomic E-state index is 5.59. The largest absolute Gasteiger partial charge is 0.119 e. The molecule has 1 heteroatoms. The highest BCUT2D eigenvalue weighted by molar-refractivity contribution is 6.21. The summed E-state index contributed by atoms with van der Waals surface area (Å²) in [5.74, 6) is 0. The molecule has 0 saturated heterocycles. The number of allylic oxidation sites excluding steroid dienone is 4. The molecule has 0 aromatic carbocycles. The van der Waals surface area contributed by atoms with Crippen molar-refractivity contribution in [1.82, 2.24) is 0 Å². The van der Waals surface area contributed by atoms with Crippen LogP contribution in [0.15, 0.2) is 24.3 Å². The van der Waals surface area contributed by atoms with Crippen LogP contribution in [-0.2, 0) is 0 Å². The van der Waals surface area contributed by atoms with E-state index >= 15 is 0 Å². The zero-order chi connectivity index (χ0) is 6.41. The van der Waals surface area contributed by atoms with Crippen LogP contribution in [0.5, 0.6) is 0 Å². The molecule has 0 rings (SSSR count). The Morgan fingerprint density at radius 1 is 1.38 bits per heavy atom. The van der Waals surface area contributed by atoms with Crippen LogP contribution in [0.1, 0.15) is 13.8 Å². The van der Waals surface area contributed by atoms with E-state index in [1.165, 1.54) is 0 Å². The molecule has 0 fully saturated rings. The fourth-order valence-electron chi connectivity index (χ4n) is 0.328. The van der Waals surface area contributed by atoms with Gasteiger partial charge < -0.3 is 0 Å². The molecule has 0 spiro atoms. The minimum atomic E-state index is 0.145. The van der Waals surface area contributed by atoms with Crippen molar-refractivity contribution in [1.29, 1.82) is 0 Å². The van der Waals surface area contributed by atoms with Gasteiger partial charge in [-0.15, -0.1) is 11.6 Å². The average molecular weight is 131 g/mol. The first-order chi connectivity index (χ1) is 3.77. The van der Waals surface area contributed by atoms with Gasteiger partial charge in [-0.1, -0.05) is 24.3 Å². The molecule has 0 aromatic rings. The van der Waals surface area contributed by atoms with Crippen LogP contribution in [0.25, 0.3) is 0 Å². The fourth-order valence-corrected chi connectivity index (χ4v) is 0.412. The van der Waals surface area contributed by atoms with Gasteiger partial charge in [0, 0.05) is 5.38 Å². The summed E-state index contributed by atoms with van der Waals surface area (Å²) in [6.07, 6.45) is 7.80. The van der Waals surface area contributed by atoms with Gasteiger partial charge in [-0.25, -0.2) is 0 Å². The minimum absolute atomic E-state index is 0.145. The topological polar surface area (TPSA) is 0 Å². The van der Waals surface area contributed by atoms with Crippen LogP contribution in [0.4, 0.5) is 0 Å². The van der Waals surface area contributed by atoms with Crippen molar-refractivity contribution >= 4 is 11.6 Å². The zero-order valence-electron chi connectivity index (χ0n) is 5.26. The second-order valence-corrected chi connectivity index (χ2v) is 2.28. The number of hydrogen-bond donors (Lipinski definition) is 0. The summed E-state index contributed by atoms with van der Waals surface area (Å²) in [5, 5.41) is 0.145. The molecular weight excluding hydrogens is 120 g/mol. The molecule has 0 aliphatic heterocycles. The molecule has 46 valence electrons. The third-order valence-corrected chi connectivity index (χ3v) is 0.825. The smallest absolute Gasteiger partial charge is 0.0490 e. The van der Waals surface area contributed by atoms with Crippen LogP contribution in [0.2, 0.25) is 0 Å². The second-order valence-electron chi connectivity index (χ2n) is 1.59. The Morgan fingerprint density at radius 3 is 2.38 bits per heavy atom. The summed E-state index contributed by atoms with van der Waals surface area (Å²) < 4.78 is 0. The van der Waals surface area contributed by atoms with Crippen molar-refractivity contribution in [3.05, 3.63) is 24.3 Å². The van der Waals surface area contributed by atoms with E-state index in [-0.39, 0.29) is 5.38 Å². The lowest BCUT2D eigenvalue weighted by atomic mass is 10.4. The molecule has 0 radical (unpaired) electrons. The molecule has 0 nitrogen and oxygen atoms in total. The standard InChI is InChI=1S/C7H11Cl/c1-3-4-5-6-7(2)8/h3-7H,1-2H3/b4-3+,6-5+. The summed E-state index contributed by atoms with van der Waals surface area (Å²) >= 11 is 5.59. The first-order valence-electron chi connectivity index (χ1n) is 2.71. The first-order valence-corrected chi connectivity index (χ1v) is 3.14. The first kappa shape index (κ1) is 7.77. The van der Waals surface area contributed by atoms with Gasteiger partial charge in [0.25, 0.3) is 0 Å². The SMILES string of the molecule is C/C=C/C=C/C(C)Cl. The Bertz CT molecular complexity index is 90.6. The molecule has 0 bridgehead atoms. The molecular formula is C7H11Cl. The number of halogens is 1. The Balaban J connectivity index is 3.34. The molecule has 1 atom stereocenters. The average Bonchev–Trinajstić information content (AvgIpc) is 1.66. The van der Waals surface area contributed by atoms with Gasteiger partial charge in [-0.2, -0.15) is 0 Å². The van der Waals surface area contributed by atoms with Crippen molar-refractivity contribution in [2.24, 2.45) is 0 Å². The Hall–Kier alpha value is -0.230. The molecule has 0 aliphatic rings. The van der Waals surface area contributed by atoms with Gasteiger partial charge in [0.05, 0.1) is 0 Å². The summed E-state index contributed by atoms with van der Waals surface area (Å²) in [5.41, 5.74) is 0. The van der Waals surface area contributed by atoms with E-state index in [9.17, 15) is 0 Å². The van der Waals surface area contributed by atoms with Crippen molar-refractivity contribution in [3.8, 4) is 0 Å². The van der Waals surface area contributed by atoms with E-state index in [1.807, 2.05) is 38.2 Å². The zero-order valence-corrected chi connectivity index (χ0v) is 6.02. The van der Waals surface area contributed by atoms with Crippen LogP contribution >= 0.6 is 11.6 Å². The quantitative estimate of drug-likeness (QED) is 0.398. The third kappa shape index (κ3) is 5.77. The lowest BCUT2D eigenvalue weighted by molar-refractivity contribution is 1.23. The van der Waals surface area contributed by atoms with Crippen LogP contribution in [-0.4, -0.2) is 5.38 Å². The van der Waals surface area contributed by atoms with Crippen molar-refractivity contribution in [2.75, 3.05) is 0 Å². The van der Waals surface area contributed by atoms with Crippen molar-refractivity contribution < 1.29 is 0 Å². The van der Waals surface area contributed by atoms with Crippen LogP contribution < -0.4 is 0 Å². The third-order valence-electron chi connectivity index (χ3n) is 0.680. The molecule has 0 saturated carbocycles. The number of hydrogen-bond acceptors (Lipinski definition) is 0. The highest BCUT2D eigenvalue weighted by atomic mass is 35.5. The Kier molecular flexibility index (Phi) is 4.78. The maximum Gasteiger partial charge on any atom is 0.0490 e.